The third kappa shape index (κ3) is 5.06. The highest BCUT2D eigenvalue weighted by Gasteiger charge is 2.43. The molecule has 0 bridgehead atoms. The van der Waals surface area contributed by atoms with E-state index in [0.29, 0.717) is 37.6 Å². The molecular formula is C22H27FN4O7. The lowest BCUT2D eigenvalue weighted by Crippen LogP contribution is -2.54. The molecule has 3 fully saturated rings. The summed E-state index contributed by atoms with van der Waals surface area (Å²) < 4.78 is 31.0. The summed E-state index contributed by atoms with van der Waals surface area (Å²) in [6, 6.07) is 4.19. The van der Waals surface area contributed by atoms with Crippen LogP contribution in [0.5, 0.6) is 0 Å². The average Bonchev–Trinajstić information content (AvgIpc) is 3.39. The van der Waals surface area contributed by atoms with E-state index in [0.717, 1.165) is 0 Å². The second-order valence-electron chi connectivity index (χ2n) is 8.44. The molecule has 12 heteroatoms. The summed E-state index contributed by atoms with van der Waals surface area (Å²) in [7, 11) is 0. The number of nitrogens with one attached hydrogen (secondary N) is 1. The zero-order valence-electron chi connectivity index (χ0n) is 19.0. The molecule has 3 atom stereocenters. The van der Waals surface area contributed by atoms with E-state index < -0.39 is 24.0 Å². The van der Waals surface area contributed by atoms with Crippen LogP contribution >= 0.6 is 0 Å². The number of esters is 1. The van der Waals surface area contributed by atoms with E-state index in [9.17, 15) is 19.2 Å². The first-order chi connectivity index (χ1) is 16.2. The number of ether oxygens (including phenoxy) is 3. The second kappa shape index (κ2) is 9.84. The monoisotopic (exact) mass is 478 g/mol. The smallest absolute Gasteiger partial charge is 0.414 e. The number of morpholine rings is 1. The molecule has 1 aromatic carbocycles. The van der Waals surface area contributed by atoms with E-state index in [1.807, 2.05) is 0 Å². The number of cyclic esters (lactones) is 1. The summed E-state index contributed by atoms with van der Waals surface area (Å²) in [5.41, 5.74) is 0.680. The average molecular weight is 478 g/mol. The van der Waals surface area contributed by atoms with Crippen LogP contribution in [0.25, 0.3) is 0 Å². The molecule has 4 rings (SSSR count). The van der Waals surface area contributed by atoms with Gasteiger partial charge in [0.25, 0.3) is 5.91 Å². The molecule has 1 N–H and O–H groups in total. The highest BCUT2D eigenvalue weighted by molar-refractivity contribution is 5.90. The molecule has 184 valence electrons. The molecule has 0 saturated carbocycles. The van der Waals surface area contributed by atoms with Crippen LogP contribution in [0.15, 0.2) is 18.2 Å². The maximum atomic E-state index is 15.1. The van der Waals surface area contributed by atoms with Gasteiger partial charge in [0.1, 0.15) is 11.9 Å². The molecule has 3 heterocycles. The third-order valence-corrected chi connectivity index (χ3v) is 6.06. The lowest BCUT2D eigenvalue weighted by molar-refractivity contribution is -0.156. The zero-order valence-corrected chi connectivity index (χ0v) is 19.0. The topological polar surface area (TPSA) is 118 Å². The van der Waals surface area contributed by atoms with Crippen molar-refractivity contribution in [3.63, 3.8) is 0 Å². The molecule has 11 nitrogen and oxygen atoms in total. The largest absolute Gasteiger partial charge is 0.456 e. The first-order valence-corrected chi connectivity index (χ1v) is 11.0. The summed E-state index contributed by atoms with van der Waals surface area (Å²) >= 11 is 0. The minimum atomic E-state index is -0.606. The molecule has 0 aromatic heterocycles. The first kappa shape index (κ1) is 23.7. The zero-order chi connectivity index (χ0) is 24.4. The van der Waals surface area contributed by atoms with Gasteiger partial charge in [-0.15, -0.1) is 0 Å². The van der Waals surface area contributed by atoms with Crippen LogP contribution in [-0.4, -0.2) is 93.0 Å². The summed E-state index contributed by atoms with van der Waals surface area (Å²) in [5.74, 6) is -1.59. The number of amides is 3. The van der Waals surface area contributed by atoms with Crippen LogP contribution in [0.4, 0.5) is 20.6 Å². The van der Waals surface area contributed by atoms with Crippen LogP contribution in [0.1, 0.15) is 13.8 Å². The van der Waals surface area contributed by atoms with Crippen molar-refractivity contribution in [2.75, 3.05) is 55.7 Å². The van der Waals surface area contributed by atoms with Crippen molar-refractivity contribution in [1.29, 1.82) is 0 Å². The molecule has 0 spiro atoms. The van der Waals surface area contributed by atoms with Gasteiger partial charge in [0.15, 0.2) is 6.61 Å². The van der Waals surface area contributed by atoms with E-state index >= 15 is 4.39 Å². The number of halogens is 1. The highest BCUT2D eigenvalue weighted by Crippen LogP contribution is 2.32. The number of hydrogen-bond acceptors (Lipinski definition) is 8. The third-order valence-electron chi connectivity index (χ3n) is 6.06. The Kier molecular flexibility index (Phi) is 6.87. The van der Waals surface area contributed by atoms with Crippen LogP contribution < -0.4 is 15.1 Å². The SMILES string of the molecule is CC(=O)NCC1CN(c2ccc(N3CC4OCCN(C(=O)COC(C)=O)C4C3)c(F)c2)C(=O)O1. The predicted octanol–water partition coefficient (Wildman–Crippen LogP) is 0.266. The molecule has 3 saturated heterocycles. The fourth-order valence-electron chi connectivity index (χ4n) is 4.46. The number of benzene rings is 1. The Bertz CT molecular complexity index is 990. The van der Waals surface area contributed by atoms with Crippen LogP contribution in [0, 0.1) is 5.82 Å². The Balaban J connectivity index is 1.42. The summed E-state index contributed by atoms with van der Waals surface area (Å²) in [6.07, 6.45) is -1.42. The van der Waals surface area contributed by atoms with E-state index in [-0.39, 0.29) is 43.7 Å². The number of nitrogens with zero attached hydrogens (tertiary/aromatic N) is 3. The van der Waals surface area contributed by atoms with Crippen molar-refractivity contribution in [2.45, 2.75) is 32.1 Å². The maximum absolute atomic E-state index is 15.1. The molecule has 1 aromatic rings. The Labute approximate surface area is 195 Å². The number of carbonyl (C=O) groups excluding carboxylic acids is 4. The molecule has 3 aliphatic rings. The lowest BCUT2D eigenvalue weighted by atomic mass is 10.1. The van der Waals surface area contributed by atoms with Crippen LogP contribution in [-0.2, 0) is 28.6 Å². The molecule has 0 radical (unpaired) electrons. The fourth-order valence-corrected chi connectivity index (χ4v) is 4.46. The van der Waals surface area contributed by atoms with Gasteiger partial charge in [-0.25, -0.2) is 9.18 Å². The fraction of sp³-hybridized carbons (Fsp3) is 0.545. The quantitative estimate of drug-likeness (QED) is 0.579. The van der Waals surface area contributed by atoms with Crippen molar-refractivity contribution < 1.29 is 37.8 Å². The van der Waals surface area contributed by atoms with Crippen LogP contribution in [0.3, 0.4) is 0 Å². The minimum absolute atomic E-state index is 0.182. The Morgan fingerprint density at radius 2 is 2.00 bits per heavy atom. The normalized spacial score (nSPS) is 24.0. The lowest BCUT2D eigenvalue weighted by Gasteiger charge is -2.36. The van der Waals surface area contributed by atoms with Gasteiger partial charge in [-0.05, 0) is 18.2 Å². The number of fused-ring (bicyclic) bond motifs is 1. The first-order valence-electron chi connectivity index (χ1n) is 11.0. The molecule has 3 amide bonds. The minimum Gasteiger partial charge on any atom is -0.456 e. The van der Waals surface area contributed by atoms with Crippen molar-refractivity contribution in [1.82, 2.24) is 10.2 Å². The van der Waals surface area contributed by atoms with E-state index in [1.54, 1.807) is 21.9 Å². The Morgan fingerprint density at radius 3 is 2.71 bits per heavy atom. The van der Waals surface area contributed by atoms with Crippen molar-refractivity contribution in [3.05, 3.63) is 24.0 Å². The standard InChI is InChI=1S/C22H27FN4O7/c1-13(28)24-8-16-9-27(22(31)34-16)15-3-4-18(17(23)7-15)25-10-19-20(11-25)32-6-5-26(19)21(30)12-33-14(2)29/h3-4,7,16,19-20H,5-6,8-12H2,1-2H3,(H,24,28). The van der Waals surface area contributed by atoms with Gasteiger partial charge in [-0.3, -0.25) is 19.3 Å². The number of anilines is 2. The van der Waals surface area contributed by atoms with Gasteiger partial charge < -0.3 is 29.3 Å². The van der Waals surface area contributed by atoms with Crippen molar-refractivity contribution in [2.24, 2.45) is 0 Å². The van der Waals surface area contributed by atoms with Gasteiger partial charge in [-0.1, -0.05) is 0 Å². The van der Waals surface area contributed by atoms with Gasteiger partial charge >= 0.3 is 12.1 Å². The molecular weight excluding hydrogens is 451 g/mol. The van der Waals surface area contributed by atoms with E-state index in [2.05, 4.69) is 5.32 Å². The number of rotatable bonds is 6. The molecule has 34 heavy (non-hydrogen) atoms. The summed E-state index contributed by atoms with van der Waals surface area (Å²) in [6.45, 7) is 4.12. The second-order valence-corrected chi connectivity index (χ2v) is 8.44. The van der Waals surface area contributed by atoms with Gasteiger partial charge in [0.2, 0.25) is 5.91 Å². The predicted molar refractivity (Wildman–Crippen MR) is 117 cm³/mol. The molecule has 3 aliphatic heterocycles. The van der Waals surface area contributed by atoms with Crippen molar-refractivity contribution >= 4 is 35.3 Å². The molecule has 0 aliphatic carbocycles. The molecule has 3 unspecified atom stereocenters. The maximum Gasteiger partial charge on any atom is 0.414 e. The van der Waals surface area contributed by atoms with Gasteiger partial charge in [-0.2, -0.15) is 0 Å². The number of carbonyl (C=O) groups is 4. The van der Waals surface area contributed by atoms with Crippen LogP contribution in [0.2, 0.25) is 0 Å². The summed E-state index contributed by atoms with van der Waals surface area (Å²) in [4.78, 5) is 51.6. The number of hydrogen-bond donors (Lipinski definition) is 1. The Hall–Kier alpha value is -3.41. The van der Waals surface area contributed by atoms with Gasteiger partial charge in [0.05, 0.1) is 43.2 Å². The van der Waals surface area contributed by atoms with E-state index in [1.165, 1.54) is 24.8 Å². The van der Waals surface area contributed by atoms with Crippen molar-refractivity contribution in [3.8, 4) is 0 Å². The Morgan fingerprint density at radius 1 is 1.21 bits per heavy atom. The van der Waals surface area contributed by atoms with Gasteiger partial charge in [0, 0.05) is 33.5 Å². The van der Waals surface area contributed by atoms with E-state index in [4.69, 9.17) is 14.2 Å². The highest BCUT2D eigenvalue weighted by atomic mass is 19.1. The summed E-state index contributed by atoms with van der Waals surface area (Å²) in [5, 5.41) is 2.60.